The van der Waals surface area contributed by atoms with E-state index in [1.54, 1.807) is 7.05 Å². The van der Waals surface area contributed by atoms with Crippen molar-refractivity contribution in [3.8, 4) is 0 Å². The van der Waals surface area contributed by atoms with E-state index in [9.17, 15) is 16.8 Å². The van der Waals surface area contributed by atoms with Crippen LogP contribution in [0.25, 0.3) is 0 Å². The molecule has 0 bridgehead atoms. The highest BCUT2D eigenvalue weighted by Gasteiger charge is 2.33. The van der Waals surface area contributed by atoms with Crippen molar-refractivity contribution in [1.82, 2.24) is 18.8 Å². The van der Waals surface area contributed by atoms with Crippen LogP contribution in [0.3, 0.4) is 0 Å². The predicted octanol–water partition coefficient (Wildman–Crippen LogP) is -1.30. The molecule has 2 rings (SSSR count). The van der Waals surface area contributed by atoms with E-state index in [0.717, 1.165) is 6.26 Å². The van der Waals surface area contributed by atoms with Crippen LogP contribution in [0.15, 0.2) is 11.1 Å². The van der Waals surface area contributed by atoms with Crippen molar-refractivity contribution in [2.45, 2.75) is 23.8 Å². The van der Waals surface area contributed by atoms with Crippen molar-refractivity contribution >= 4 is 25.9 Å². The summed E-state index contributed by atoms with van der Waals surface area (Å²) in [6.45, 7) is 0.419. The number of nitrogens with one attached hydrogen (secondary N) is 1. The van der Waals surface area contributed by atoms with Gasteiger partial charge in [-0.25, -0.2) is 21.6 Å². The summed E-state index contributed by atoms with van der Waals surface area (Å²) in [6.07, 6.45) is 3.58. The summed E-state index contributed by atoms with van der Waals surface area (Å²) < 4.78 is 52.7. The SMILES string of the molecule is Cn1cc(S(=O)(=O)N2CCCC(NS(C)(=O)=O)C2)c(N)n1. The molecule has 1 aliphatic rings. The zero-order valence-corrected chi connectivity index (χ0v) is 13.5. The minimum absolute atomic E-state index is 0.0509. The van der Waals surface area contributed by atoms with Crippen LogP contribution in [0.5, 0.6) is 0 Å². The third-order valence-corrected chi connectivity index (χ3v) is 5.85. The molecule has 1 fully saturated rings. The lowest BCUT2D eigenvalue weighted by atomic mass is 10.1. The number of sulfonamides is 2. The van der Waals surface area contributed by atoms with Gasteiger partial charge in [0.15, 0.2) is 5.82 Å². The first-order valence-electron chi connectivity index (χ1n) is 6.36. The quantitative estimate of drug-likeness (QED) is 0.703. The molecule has 3 N–H and O–H groups in total. The Hall–Kier alpha value is -1.17. The average Bonchev–Trinajstić information content (AvgIpc) is 2.67. The Bertz CT molecular complexity index is 725. The number of piperidine rings is 1. The van der Waals surface area contributed by atoms with E-state index in [-0.39, 0.29) is 17.3 Å². The van der Waals surface area contributed by atoms with Crippen molar-refractivity contribution in [3.05, 3.63) is 6.20 Å². The number of nitrogen functional groups attached to an aromatic ring is 1. The van der Waals surface area contributed by atoms with Crippen molar-refractivity contribution in [2.75, 3.05) is 25.1 Å². The second-order valence-electron chi connectivity index (χ2n) is 5.14. The normalized spacial score (nSPS) is 21.5. The molecule has 0 saturated carbocycles. The first kappa shape index (κ1) is 16.2. The highest BCUT2D eigenvalue weighted by atomic mass is 32.2. The minimum Gasteiger partial charge on any atom is -0.381 e. The van der Waals surface area contributed by atoms with E-state index >= 15 is 0 Å². The third-order valence-electron chi connectivity index (χ3n) is 3.20. The molecule has 0 amide bonds. The summed E-state index contributed by atoms with van der Waals surface area (Å²) in [5.41, 5.74) is 5.62. The van der Waals surface area contributed by atoms with Crippen LogP contribution >= 0.6 is 0 Å². The largest absolute Gasteiger partial charge is 0.381 e. The maximum Gasteiger partial charge on any atom is 0.248 e. The molecule has 1 unspecified atom stereocenters. The third kappa shape index (κ3) is 3.73. The van der Waals surface area contributed by atoms with E-state index in [4.69, 9.17) is 5.73 Å². The molecule has 120 valence electrons. The molecule has 1 aromatic rings. The summed E-state index contributed by atoms with van der Waals surface area (Å²) in [6, 6.07) is -0.429. The van der Waals surface area contributed by atoms with Gasteiger partial charge in [0, 0.05) is 32.4 Å². The smallest absolute Gasteiger partial charge is 0.248 e. The van der Waals surface area contributed by atoms with E-state index in [2.05, 4.69) is 9.82 Å². The number of nitrogens with zero attached hydrogens (tertiary/aromatic N) is 3. The molecule has 0 aliphatic carbocycles. The molecule has 1 aromatic heterocycles. The fourth-order valence-electron chi connectivity index (χ4n) is 2.38. The van der Waals surface area contributed by atoms with Crippen LogP contribution < -0.4 is 10.5 Å². The van der Waals surface area contributed by atoms with Gasteiger partial charge in [-0.3, -0.25) is 4.68 Å². The first-order valence-corrected chi connectivity index (χ1v) is 9.69. The van der Waals surface area contributed by atoms with E-state index < -0.39 is 26.1 Å². The Balaban J connectivity index is 2.22. The van der Waals surface area contributed by atoms with Crippen LogP contribution in [-0.4, -0.2) is 56.3 Å². The molecule has 0 radical (unpaired) electrons. The van der Waals surface area contributed by atoms with Gasteiger partial charge in [-0.1, -0.05) is 0 Å². The Morgan fingerprint density at radius 3 is 2.57 bits per heavy atom. The number of rotatable bonds is 4. The maximum atomic E-state index is 12.5. The molecule has 9 nitrogen and oxygen atoms in total. The van der Waals surface area contributed by atoms with Gasteiger partial charge < -0.3 is 5.73 Å². The Kier molecular flexibility index (Phi) is 4.29. The lowest BCUT2D eigenvalue weighted by Gasteiger charge is -2.31. The Morgan fingerprint density at radius 1 is 1.38 bits per heavy atom. The van der Waals surface area contributed by atoms with Crippen molar-refractivity contribution < 1.29 is 16.8 Å². The lowest BCUT2D eigenvalue weighted by molar-refractivity contribution is 0.303. The fourth-order valence-corrected chi connectivity index (χ4v) is 4.79. The van der Waals surface area contributed by atoms with Gasteiger partial charge in [0.05, 0.1) is 6.26 Å². The number of nitrogens with two attached hydrogens (primary N) is 1. The van der Waals surface area contributed by atoms with Gasteiger partial charge in [-0.2, -0.15) is 9.40 Å². The number of aromatic nitrogens is 2. The van der Waals surface area contributed by atoms with Crippen LogP contribution in [0.1, 0.15) is 12.8 Å². The highest BCUT2D eigenvalue weighted by molar-refractivity contribution is 7.89. The molecule has 2 heterocycles. The molecule has 1 saturated heterocycles. The van der Waals surface area contributed by atoms with Gasteiger partial charge in [0.25, 0.3) is 0 Å². The monoisotopic (exact) mass is 337 g/mol. The summed E-state index contributed by atoms with van der Waals surface area (Å²) in [5, 5.41) is 3.83. The number of anilines is 1. The molecule has 0 spiro atoms. The molecular formula is C10H19N5O4S2. The second kappa shape index (κ2) is 5.55. The van der Waals surface area contributed by atoms with E-state index in [1.165, 1.54) is 15.2 Å². The summed E-state index contributed by atoms with van der Waals surface area (Å²) in [4.78, 5) is -0.0509. The molecule has 0 aromatic carbocycles. The summed E-state index contributed by atoms with van der Waals surface area (Å²) in [5.74, 6) is -0.0595. The fraction of sp³-hybridized carbons (Fsp3) is 0.700. The van der Waals surface area contributed by atoms with Gasteiger partial charge >= 0.3 is 0 Å². The zero-order valence-electron chi connectivity index (χ0n) is 11.9. The van der Waals surface area contributed by atoms with Crippen molar-refractivity contribution in [1.29, 1.82) is 0 Å². The summed E-state index contributed by atoms with van der Waals surface area (Å²) >= 11 is 0. The molecule has 1 aliphatic heterocycles. The highest BCUT2D eigenvalue weighted by Crippen LogP contribution is 2.24. The van der Waals surface area contributed by atoms with Crippen molar-refractivity contribution in [3.63, 3.8) is 0 Å². The predicted molar refractivity (Wildman–Crippen MR) is 77.4 cm³/mol. The van der Waals surface area contributed by atoms with Gasteiger partial charge in [0.1, 0.15) is 4.90 Å². The van der Waals surface area contributed by atoms with E-state index in [1.807, 2.05) is 0 Å². The Morgan fingerprint density at radius 2 is 2.05 bits per heavy atom. The van der Waals surface area contributed by atoms with Crippen LogP contribution in [-0.2, 0) is 27.1 Å². The summed E-state index contributed by atoms with van der Waals surface area (Å²) in [7, 11) is -5.56. The number of aryl methyl sites for hydroxylation is 1. The zero-order chi connectivity index (χ0) is 15.8. The first-order chi connectivity index (χ1) is 9.59. The topological polar surface area (TPSA) is 127 Å². The number of hydrogen-bond acceptors (Lipinski definition) is 6. The Labute approximate surface area is 124 Å². The van der Waals surface area contributed by atoms with Crippen molar-refractivity contribution in [2.24, 2.45) is 7.05 Å². The van der Waals surface area contributed by atoms with Crippen LogP contribution in [0, 0.1) is 0 Å². The van der Waals surface area contributed by atoms with E-state index in [0.29, 0.717) is 19.4 Å². The van der Waals surface area contributed by atoms with Gasteiger partial charge in [-0.15, -0.1) is 0 Å². The minimum atomic E-state index is -3.77. The standard InChI is InChI=1S/C10H19N5O4S2/c1-14-7-9(10(11)12-14)21(18,19)15-5-3-4-8(6-15)13-20(2,16)17/h7-8,13H,3-6H2,1-2H3,(H2,11,12). The molecule has 21 heavy (non-hydrogen) atoms. The van der Waals surface area contributed by atoms with Crippen LogP contribution in [0.2, 0.25) is 0 Å². The molecular weight excluding hydrogens is 318 g/mol. The lowest BCUT2D eigenvalue weighted by Crippen LogP contribution is -2.49. The second-order valence-corrected chi connectivity index (χ2v) is 8.83. The maximum absolute atomic E-state index is 12.5. The average molecular weight is 337 g/mol. The number of hydrogen-bond donors (Lipinski definition) is 2. The van der Waals surface area contributed by atoms with Crippen LogP contribution in [0.4, 0.5) is 5.82 Å². The van der Waals surface area contributed by atoms with Gasteiger partial charge in [0.2, 0.25) is 20.0 Å². The molecule has 1 atom stereocenters. The molecule has 11 heteroatoms. The van der Waals surface area contributed by atoms with Gasteiger partial charge in [-0.05, 0) is 12.8 Å².